The predicted octanol–water partition coefficient (Wildman–Crippen LogP) is 7.65. The number of nitrogens with zero attached hydrogens (tertiary/aromatic N) is 3. The summed E-state index contributed by atoms with van der Waals surface area (Å²) in [6.45, 7) is 1.27. The maximum Gasteiger partial charge on any atom is 0.418 e. The smallest absolute Gasteiger partial charge is 0.340 e. The molecule has 0 aliphatic rings. The molecule has 4 nitrogen and oxygen atoms in total. The maximum absolute atomic E-state index is 14.1. The van der Waals surface area contributed by atoms with Crippen LogP contribution in [-0.4, -0.2) is 54.5 Å². The highest BCUT2D eigenvalue weighted by Crippen LogP contribution is 2.39. The van der Waals surface area contributed by atoms with E-state index in [9.17, 15) is 18.0 Å². The highest BCUT2D eigenvalue weighted by molar-refractivity contribution is 9.10. The molecular weight excluding hydrogens is 579 g/mol. The third-order valence-corrected chi connectivity index (χ3v) is 6.63. The summed E-state index contributed by atoms with van der Waals surface area (Å²) in [7, 11) is 5.62. The van der Waals surface area contributed by atoms with Crippen LogP contribution in [0.2, 0.25) is 0 Å². The van der Waals surface area contributed by atoms with Gasteiger partial charge >= 0.3 is 6.18 Å². The number of carbonyl (C=O) groups is 1. The van der Waals surface area contributed by atoms with Gasteiger partial charge in [-0.15, -0.1) is 12.4 Å². The molecule has 1 amide bonds. The van der Waals surface area contributed by atoms with E-state index in [1.807, 2.05) is 55.4 Å². The minimum Gasteiger partial charge on any atom is -0.340 e. The SMILES string of the molecule is CN(C)CCN(C)C(=O)c1cccc(-c2ccc(-c3ccc(Br)cc3)n2-c2ccccc2C(F)(F)F)c1.Cl. The zero-order chi connectivity index (χ0) is 26.7. The van der Waals surface area contributed by atoms with Crippen molar-refractivity contribution >= 4 is 34.2 Å². The second kappa shape index (κ2) is 12.2. The number of carbonyl (C=O) groups excluding carboxylic acids is 1. The van der Waals surface area contributed by atoms with Crippen molar-refractivity contribution in [3.63, 3.8) is 0 Å². The highest BCUT2D eigenvalue weighted by atomic mass is 79.9. The van der Waals surface area contributed by atoms with Gasteiger partial charge in [0.05, 0.1) is 22.6 Å². The van der Waals surface area contributed by atoms with Gasteiger partial charge in [-0.05, 0) is 73.8 Å². The molecule has 38 heavy (non-hydrogen) atoms. The summed E-state index contributed by atoms with van der Waals surface area (Å²) in [5.74, 6) is -0.148. The number of aromatic nitrogens is 1. The molecule has 200 valence electrons. The first-order chi connectivity index (χ1) is 17.6. The van der Waals surface area contributed by atoms with E-state index in [2.05, 4.69) is 15.9 Å². The lowest BCUT2D eigenvalue weighted by Crippen LogP contribution is -2.33. The van der Waals surface area contributed by atoms with Gasteiger partial charge in [-0.1, -0.05) is 52.3 Å². The van der Waals surface area contributed by atoms with Crippen molar-refractivity contribution in [2.45, 2.75) is 6.18 Å². The standard InChI is InChI=1S/C29H27BrF3N3O.ClH/c1-34(2)17-18-35(3)28(37)22-8-6-7-21(19-22)26-16-15-25(20-11-13-23(30)14-12-20)36(26)27-10-5-4-9-24(27)29(31,32)33;/h4-16,19H,17-18H2,1-3H3;1H. The van der Waals surface area contributed by atoms with E-state index in [0.717, 1.165) is 22.6 Å². The van der Waals surface area contributed by atoms with Crippen LogP contribution in [0.1, 0.15) is 15.9 Å². The second-order valence-corrected chi connectivity index (χ2v) is 9.99. The number of rotatable bonds is 7. The van der Waals surface area contributed by atoms with Crippen LogP contribution in [-0.2, 0) is 6.18 Å². The molecule has 0 saturated heterocycles. The lowest BCUT2D eigenvalue weighted by molar-refractivity contribution is -0.137. The lowest BCUT2D eigenvalue weighted by Gasteiger charge is -2.21. The van der Waals surface area contributed by atoms with E-state index in [1.165, 1.54) is 12.1 Å². The molecule has 0 fully saturated rings. The van der Waals surface area contributed by atoms with Gasteiger partial charge in [0, 0.05) is 30.2 Å². The monoisotopic (exact) mass is 605 g/mol. The van der Waals surface area contributed by atoms with E-state index >= 15 is 0 Å². The largest absolute Gasteiger partial charge is 0.418 e. The van der Waals surface area contributed by atoms with Crippen LogP contribution in [0.25, 0.3) is 28.2 Å². The van der Waals surface area contributed by atoms with Crippen molar-refractivity contribution in [3.05, 3.63) is 101 Å². The molecule has 1 heterocycles. The molecule has 4 aromatic rings. The van der Waals surface area contributed by atoms with Gasteiger partial charge in [0.15, 0.2) is 0 Å². The van der Waals surface area contributed by atoms with Gasteiger partial charge in [-0.25, -0.2) is 0 Å². The van der Waals surface area contributed by atoms with Gasteiger partial charge in [0.1, 0.15) is 0 Å². The zero-order valence-corrected chi connectivity index (χ0v) is 23.6. The van der Waals surface area contributed by atoms with Crippen molar-refractivity contribution in [2.75, 3.05) is 34.2 Å². The number of benzene rings is 3. The summed E-state index contributed by atoms with van der Waals surface area (Å²) in [6.07, 6.45) is -4.54. The number of likely N-dealkylation sites (N-methyl/N-ethyl adjacent to an activating group) is 2. The molecular formula is C29H28BrClF3N3O. The molecule has 0 radical (unpaired) electrons. The highest BCUT2D eigenvalue weighted by Gasteiger charge is 2.34. The number of hydrogen-bond acceptors (Lipinski definition) is 2. The molecule has 3 aromatic carbocycles. The van der Waals surface area contributed by atoms with Crippen molar-refractivity contribution < 1.29 is 18.0 Å². The van der Waals surface area contributed by atoms with Crippen molar-refractivity contribution in [1.82, 2.24) is 14.4 Å². The fourth-order valence-electron chi connectivity index (χ4n) is 4.16. The molecule has 0 unspecified atom stereocenters. The normalized spacial score (nSPS) is 11.4. The minimum absolute atomic E-state index is 0. The van der Waals surface area contributed by atoms with Crippen molar-refractivity contribution in [1.29, 1.82) is 0 Å². The molecule has 0 saturated carbocycles. The third kappa shape index (κ3) is 6.49. The second-order valence-electron chi connectivity index (χ2n) is 9.07. The Labute approximate surface area is 235 Å². The van der Waals surface area contributed by atoms with Gasteiger partial charge in [-0.2, -0.15) is 13.2 Å². The Bertz CT molecular complexity index is 1400. The van der Waals surface area contributed by atoms with E-state index in [4.69, 9.17) is 0 Å². The Balaban J connectivity index is 0.00000400. The van der Waals surface area contributed by atoms with Gasteiger partial charge < -0.3 is 14.4 Å². The average Bonchev–Trinajstić information content (AvgIpc) is 3.32. The fraction of sp³-hybridized carbons (Fsp3) is 0.207. The summed E-state index contributed by atoms with van der Waals surface area (Å²) >= 11 is 3.42. The van der Waals surface area contributed by atoms with Gasteiger partial charge in [0.25, 0.3) is 5.91 Å². The summed E-state index contributed by atoms with van der Waals surface area (Å²) in [6, 6.07) is 23.6. The maximum atomic E-state index is 14.1. The summed E-state index contributed by atoms with van der Waals surface area (Å²) in [5.41, 5.74) is 2.34. The fourth-order valence-corrected chi connectivity index (χ4v) is 4.42. The zero-order valence-electron chi connectivity index (χ0n) is 21.2. The van der Waals surface area contributed by atoms with Gasteiger partial charge in [-0.3, -0.25) is 4.79 Å². The van der Waals surface area contributed by atoms with E-state index in [0.29, 0.717) is 29.1 Å². The number of alkyl halides is 3. The molecule has 0 atom stereocenters. The van der Waals surface area contributed by atoms with E-state index < -0.39 is 11.7 Å². The quantitative estimate of drug-likeness (QED) is 0.216. The van der Waals surface area contributed by atoms with E-state index in [-0.39, 0.29) is 24.0 Å². The molecule has 0 aliphatic carbocycles. The average molecular weight is 607 g/mol. The molecule has 0 spiro atoms. The van der Waals surface area contributed by atoms with Crippen LogP contribution >= 0.6 is 28.3 Å². The molecule has 0 bridgehead atoms. The summed E-state index contributed by atoms with van der Waals surface area (Å²) < 4.78 is 44.7. The predicted molar refractivity (Wildman–Crippen MR) is 152 cm³/mol. The number of halogens is 5. The molecule has 9 heteroatoms. The molecule has 4 rings (SSSR count). The summed E-state index contributed by atoms with van der Waals surface area (Å²) in [5, 5.41) is 0. The molecule has 0 aliphatic heterocycles. The lowest BCUT2D eigenvalue weighted by atomic mass is 10.1. The Morgan fingerprint density at radius 2 is 1.45 bits per heavy atom. The third-order valence-electron chi connectivity index (χ3n) is 6.11. The van der Waals surface area contributed by atoms with E-state index in [1.54, 1.807) is 46.8 Å². The first kappa shape index (κ1) is 29.5. The van der Waals surface area contributed by atoms with Crippen LogP contribution in [0, 0.1) is 0 Å². The minimum atomic E-state index is -4.54. The Kier molecular flexibility index (Phi) is 9.46. The Morgan fingerprint density at radius 1 is 0.816 bits per heavy atom. The number of para-hydroxylation sites is 1. The van der Waals surface area contributed by atoms with Crippen molar-refractivity contribution in [3.8, 4) is 28.2 Å². The van der Waals surface area contributed by atoms with Crippen LogP contribution in [0.4, 0.5) is 13.2 Å². The van der Waals surface area contributed by atoms with Crippen LogP contribution < -0.4 is 0 Å². The Morgan fingerprint density at radius 3 is 2.08 bits per heavy atom. The van der Waals surface area contributed by atoms with Gasteiger partial charge in [0.2, 0.25) is 0 Å². The van der Waals surface area contributed by atoms with Crippen LogP contribution in [0.15, 0.2) is 89.4 Å². The Hall–Kier alpha value is -3.07. The van der Waals surface area contributed by atoms with Crippen LogP contribution in [0.5, 0.6) is 0 Å². The number of hydrogen-bond donors (Lipinski definition) is 0. The topological polar surface area (TPSA) is 28.5 Å². The first-order valence-electron chi connectivity index (χ1n) is 11.7. The summed E-state index contributed by atoms with van der Waals surface area (Å²) in [4.78, 5) is 16.7. The van der Waals surface area contributed by atoms with Crippen molar-refractivity contribution in [2.24, 2.45) is 0 Å². The molecule has 1 aromatic heterocycles. The number of amides is 1. The van der Waals surface area contributed by atoms with Crippen LogP contribution in [0.3, 0.4) is 0 Å². The first-order valence-corrected chi connectivity index (χ1v) is 12.5. The molecule has 0 N–H and O–H groups in total.